The summed E-state index contributed by atoms with van der Waals surface area (Å²) in [5, 5.41) is 75.9. The van der Waals surface area contributed by atoms with E-state index in [4.69, 9.17) is 0 Å². The molecule has 0 radical (unpaired) electrons. The number of nitro benzene ring substituents is 2. The molecule has 4 N–H and O–H groups in total. The van der Waals surface area contributed by atoms with Gasteiger partial charge >= 0.3 is 64.8 Å². The van der Waals surface area contributed by atoms with E-state index in [2.05, 4.69) is 20.5 Å². The van der Waals surface area contributed by atoms with E-state index in [-0.39, 0.29) is 70.6 Å². The maximum absolute atomic E-state index is 12.1. The second kappa shape index (κ2) is 14.3. The Balaban J connectivity index is 0.00000368. The molecule has 0 heterocycles. The fourth-order valence-electron chi connectivity index (χ4n) is 3.67. The summed E-state index contributed by atoms with van der Waals surface area (Å²) in [5.74, 6) is -3.50. The number of phenols is 4. The third kappa shape index (κ3) is 8.11. The molecule has 0 amide bonds. The van der Waals surface area contributed by atoms with Crippen LogP contribution >= 0.6 is 0 Å². The first kappa shape index (κ1) is 38.3. The van der Waals surface area contributed by atoms with Gasteiger partial charge in [0.15, 0.2) is 5.75 Å². The van der Waals surface area contributed by atoms with Crippen LogP contribution in [0.2, 0.25) is 0 Å². The number of benzene rings is 4. The molecule has 0 atom stereocenters. The first-order chi connectivity index (χ1) is 20.4. The van der Waals surface area contributed by atoms with Crippen molar-refractivity contribution in [3.05, 3.63) is 68.8 Å². The summed E-state index contributed by atoms with van der Waals surface area (Å²) in [6.07, 6.45) is 0. The maximum Gasteiger partial charge on any atom is 1.00 e. The van der Waals surface area contributed by atoms with Crippen LogP contribution in [-0.2, 0) is 20.2 Å². The Kier molecular flexibility index (Phi) is 11.9. The standard InChI is InChI=1S/C22H14N6O14S2.2Na/c29-11-1-2-13(17(30)7-11)23-24-14-8-12(43(37,38)39)3-9-4-18(44(40,41)42)20(22(32)19(9)14)26-25-15-5-10(27(33)34)6-16(21(15)31)28(35)36;;/h1-8,29-32H,(H,37,38,39)(H,40,41,42);;/q;2*+1/p-2. The van der Waals surface area contributed by atoms with Crippen molar-refractivity contribution in [3.8, 4) is 23.0 Å². The van der Waals surface area contributed by atoms with E-state index in [0.29, 0.717) is 30.3 Å². The van der Waals surface area contributed by atoms with Gasteiger partial charge in [-0.2, -0.15) is 0 Å². The quantitative estimate of drug-likeness (QED) is 0.0516. The topological polar surface area (TPSA) is 331 Å². The fraction of sp³-hybridized carbons (Fsp3) is 0. The molecule has 0 aliphatic heterocycles. The molecular formula is C22H12N6Na2O14S2. The summed E-state index contributed by atoms with van der Waals surface area (Å²) in [7, 11) is -10.9. The summed E-state index contributed by atoms with van der Waals surface area (Å²) in [6, 6.07) is 5.56. The van der Waals surface area contributed by atoms with Gasteiger partial charge in [0, 0.05) is 12.1 Å². The van der Waals surface area contributed by atoms with Crippen LogP contribution < -0.4 is 59.1 Å². The summed E-state index contributed by atoms with van der Waals surface area (Å²) in [4.78, 5) is 17.7. The van der Waals surface area contributed by atoms with Crippen LogP contribution in [0.3, 0.4) is 0 Å². The average Bonchev–Trinajstić information content (AvgIpc) is 2.90. The molecule has 4 aromatic carbocycles. The first-order valence-corrected chi connectivity index (χ1v) is 14.0. The molecule has 4 rings (SSSR count). The SMILES string of the molecule is O=[N+]([O-])c1cc(N=Nc2c(S(=O)(=O)[O-])cc3cc(S(=O)(=O)[O-])cc(N=Nc4ccc(O)cc4O)c3c2O)c(O)c([N+](=O)[O-])c1.[Na+].[Na+]. The summed E-state index contributed by atoms with van der Waals surface area (Å²) in [6.45, 7) is 0. The molecule has 24 heteroatoms. The molecule has 0 bridgehead atoms. The van der Waals surface area contributed by atoms with Crippen molar-refractivity contribution in [2.75, 3.05) is 0 Å². The number of phenolic OH excluding ortho intramolecular Hbond substituents is 4. The minimum Gasteiger partial charge on any atom is -0.744 e. The Labute approximate surface area is 300 Å². The van der Waals surface area contributed by atoms with E-state index in [1.807, 2.05) is 0 Å². The Bertz CT molecular complexity index is 2200. The number of rotatable bonds is 8. The number of hydrogen-bond acceptors (Lipinski definition) is 18. The van der Waals surface area contributed by atoms with Gasteiger partial charge in [-0.3, -0.25) is 20.2 Å². The molecule has 0 fully saturated rings. The van der Waals surface area contributed by atoms with Crippen molar-refractivity contribution < 1.29 is 115 Å². The van der Waals surface area contributed by atoms with Crippen molar-refractivity contribution in [3.63, 3.8) is 0 Å². The van der Waals surface area contributed by atoms with E-state index >= 15 is 0 Å². The van der Waals surface area contributed by atoms with Crippen LogP contribution in [0.1, 0.15) is 0 Å². The molecule has 0 aliphatic carbocycles. The maximum atomic E-state index is 12.1. The Morgan fingerprint density at radius 1 is 0.652 bits per heavy atom. The predicted molar refractivity (Wildman–Crippen MR) is 141 cm³/mol. The molecule has 0 aromatic heterocycles. The van der Waals surface area contributed by atoms with Crippen LogP contribution in [0.25, 0.3) is 10.8 Å². The normalized spacial score (nSPS) is 11.8. The zero-order valence-corrected chi connectivity index (χ0v) is 28.6. The average molecular weight is 694 g/mol. The number of nitro groups is 2. The number of fused-ring (bicyclic) bond motifs is 1. The molecular weight excluding hydrogens is 682 g/mol. The van der Waals surface area contributed by atoms with Gasteiger partial charge in [-0.15, -0.1) is 20.5 Å². The Hall–Kier alpha value is -3.84. The molecule has 46 heavy (non-hydrogen) atoms. The predicted octanol–water partition coefficient (Wildman–Crippen LogP) is -1.87. The van der Waals surface area contributed by atoms with E-state index in [1.165, 1.54) is 0 Å². The molecule has 0 spiro atoms. The number of azo groups is 2. The third-order valence-corrected chi connectivity index (χ3v) is 7.27. The Morgan fingerprint density at radius 3 is 1.80 bits per heavy atom. The molecule has 4 aromatic rings. The Morgan fingerprint density at radius 2 is 1.26 bits per heavy atom. The van der Waals surface area contributed by atoms with E-state index < -0.39 is 96.3 Å². The molecule has 0 aliphatic rings. The van der Waals surface area contributed by atoms with Crippen LogP contribution in [-0.4, -0.2) is 56.2 Å². The van der Waals surface area contributed by atoms with Gasteiger partial charge in [-0.25, -0.2) is 16.8 Å². The smallest absolute Gasteiger partial charge is 0.744 e. The summed E-state index contributed by atoms with van der Waals surface area (Å²) >= 11 is 0. The van der Waals surface area contributed by atoms with Gasteiger partial charge in [0.2, 0.25) is 5.75 Å². The van der Waals surface area contributed by atoms with Crippen molar-refractivity contribution in [2.45, 2.75) is 9.79 Å². The number of aromatic hydroxyl groups is 4. The number of non-ortho nitro benzene ring substituents is 1. The van der Waals surface area contributed by atoms with Crippen LogP contribution in [0.5, 0.6) is 23.0 Å². The van der Waals surface area contributed by atoms with Crippen molar-refractivity contribution >= 4 is 65.1 Å². The molecule has 0 saturated heterocycles. The van der Waals surface area contributed by atoms with Gasteiger partial charge < -0.3 is 29.5 Å². The monoisotopic (exact) mass is 694 g/mol. The van der Waals surface area contributed by atoms with Gasteiger partial charge in [0.25, 0.3) is 5.69 Å². The minimum atomic E-state index is -5.61. The minimum absolute atomic E-state index is 0. The zero-order chi connectivity index (χ0) is 32.7. The van der Waals surface area contributed by atoms with E-state index in [9.17, 15) is 66.6 Å². The van der Waals surface area contributed by atoms with Crippen LogP contribution in [0, 0.1) is 20.2 Å². The number of nitrogens with zero attached hydrogens (tertiary/aromatic N) is 6. The van der Waals surface area contributed by atoms with Crippen molar-refractivity contribution in [2.24, 2.45) is 20.5 Å². The van der Waals surface area contributed by atoms with Gasteiger partial charge in [0.1, 0.15) is 48.8 Å². The molecule has 0 unspecified atom stereocenters. The van der Waals surface area contributed by atoms with Gasteiger partial charge in [0.05, 0.1) is 36.8 Å². The van der Waals surface area contributed by atoms with Gasteiger partial charge in [-0.1, -0.05) is 0 Å². The van der Waals surface area contributed by atoms with Crippen LogP contribution in [0.15, 0.2) is 78.8 Å². The summed E-state index contributed by atoms with van der Waals surface area (Å²) in [5.41, 5.74) is -5.28. The van der Waals surface area contributed by atoms with Crippen molar-refractivity contribution in [1.29, 1.82) is 0 Å². The largest absolute Gasteiger partial charge is 1.00 e. The molecule has 0 saturated carbocycles. The number of hydrogen-bond donors (Lipinski definition) is 4. The zero-order valence-electron chi connectivity index (χ0n) is 23.0. The van der Waals surface area contributed by atoms with Gasteiger partial charge in [-0.05, 0) is 35.7 Å². The second-order valence-electron chi connectivity index (χ2n) is 8.44. The van der Waals surface area contributed by atoms with E-state index in [1.54, 1.807) is 0 Å². The van der Waals surface area contributed by atoms with Crippen LogP contribution in [0.4, 0.5) is 34.1 Å². The summed E-state index contributed by atoms with van der Waals surface area (Å²) < 4.78 is 71.6. The molecule has 20 nitrogen and oxygen atoms in total. The molecule has 228 valence electrons. The van der Waals surface area contributed by atoms with Crippen molar-refractivity contribution in [1.82, 2.24) is 0 Å². The van der Waals surface area contributed by atoms with E-state index in [0.717, 1.165) is 18.2 Å². The first-order valence-electron chi connectivity index (χ1n) is 11.1. The second-order valence-corrected chi connectivity index (χ2v) is 11.2. The third-order valence-electron chi connectivity index (χ3n) is 5.60. The fourth-order valence-corrected chi connectivity index (χ4v) is 4.84.